The summed E-state index contributed by atoms with van der Waals surface area (Å²) in [6.07, 6.45) is 3.96. The number of thiazole rings is 1. The lowest BCUT2D eigenvalue weighted by molar-refractivity contribution is 0.0605. The lowest BCUT2D eigenvalue weighted by atomic mass is 10.1. The number of nitrogen functional groups attached to an aromatic ring is 1. The quantitative estimate of drug-likeness (QED) is 0.790. The van der Waals surface area contributed by atoms with Crippen molar-refractivity contribution in [3.63, 3.8) is 0 Å². The van der Waals surface area contributed by atoms with Gasteiger partial charge in [0.2, 0.25) is 0 Å². The van der Waals surface area contributed by atoms with E-state index in [9.17, 15) is 9.90 Å². The van der Waals surface area contributed by atoms with Gasteiger partial charge in [0.25, 0.3) is 5.91 Å². The lowest BCUT2D eigenvalue weighted by Gasteiger charge is -2.28. The number of anilines is 2. The fraction of sp³-hybridized carbons (Fsp3) is 0.714. The van der Waals surface area contributed by atoms with Crippen LogP contribution in [0.1, 0.15) is 49.2 Å². The fourth-order valence-corrected chi connectivity index (χ4v) is 3.55. The molecule has 2 rings (SSSR count). The van der Waals surface area contributed by atoms with Gasteiger partial charge in [-0.15, -0.1) is 0 Å². The molecule has 1 aliphatic rings. The zero-order valence-electron chi connectivity index (χ0n) is 12.6. The van der Waals surface area contributed by atoms with E-state index in [1.807, 2.05) is 13.8 Å². The van der Waals surface area contributed by atoms with Crippen LogP contribution in [0.3, 0.4) is 0 Å². The van der Waals surface area contributed by atoms with Crippen LogP contribution in [0, 0.1) is 0 Å². The van der Waals surface area contributed by atoms with Gasteiger partial charge in [0.1, 0.15) is 10.7 Å². The average molecular weight is 312 g/mol. The van der Waals surface area contributed by atoms with E-state index in [1.54, 1.807) is 4.90 Å². The van der Waals surface area contributed by atoms with E-state index in [2.05, 4.69) is 10.3 Å². The van der Waals surface area contributed by atoms with Gasteiger partial charge in [-0.2, -0.15) is 0 Å². The number of aliphatic hydroxyl groups excluding tert-OH is 1. The summed E-state index contributed by atoms with van der Waals surface area (Å²) in [5.74, 6) is 0.164. The van der Waals surface area contributed by atoms with Crippen molar-refractivity contribution in [3.05, 3.63) is 4.88 Å². The fourth-order valence-electron chi connectivity index (χ4n) is 2.56. The van der Waals surface area contributed by atoms with Gasteiger partial charge in [-0.1, -0.05) is 24.2 Å². The first-order valence-corrected chi connectivity index (χ1v) is 8.29. The minimum absolute atomic E-state index is 0.00154. The van der Waals surface area contributed by atoms with Crippen molar-refractivity contribution in [1.82, 2.24) is 9.88 Å². The summed E-state index contributed by atoms with van der Waals surface area (Å²) in [5.41, 5.74) is 5.90. The minimum atomic E-state index is -0.109. The SMILES string of the molecule is CC(C)Nc1nc(N)c(C(=O)N2CCCCCC2CO)s1. The first-order chi connectivity index (χ1) is 10.0. The number of nitrogens with two attached hydrogens (primary N) is 1. The number of rotatable bonds is 4. The second-order valence-electron chi connectivity index (χ2n) is 5.72. The molecule has 0 saturated carbocycles. The summed E-state index contributed by atoms with van der Waals surface area (Å²) in [7, 11) is 0. The minimum Gasteiger partial charge on any atom is -0.394 e. The van der Waals surface area contributed by atoms with Crippen molar-refractivity contribution in [2.45, 2.75) is 51.6 Å². The van der Waals surface area contributed by atoms with Crippen molar-refractivity contribution >= 4 is 28.2 Å². The van der Waals surface area contributed by atoms with E-state index in [1.165, 1.54) is 11.3 Å². The Morgan fingerprint density at radius 1 is 1.52 bits per heavy atom. The molecule has 6 nitrogen and oxygen atoms in total. The van der Waals surface area contributed by atoms with Crippen LogP contribution < -0.4 is 11.1 Å². The van der Waals surface area contributed by atoms with Gasteiger partial charge in [0.05, 0.1) is 12.6 Å². The smallest absolute Gasteiger partial charge is 0.268 e. The molecule has 0 aliphatic carbocycles. The molecule has 0 bridgehead atoms. The summed E-state index contributed by atoms with van der Waals surface area (Å²) >= 11 is 1.29. The van der Waals surface area contributed by atoms with Crippen molar-refractivity contribution in [3.8, 4) is 0 Å². The van der Waals surface area contributed by atoms with Crippen LogP contribution in [-0.4, -0.2) is 46.1 Å². The van der Waals surface area contributed by atoms with Crippen molar-refractivity contribution < 1.29 is 9.90 Å². The molecule has 1 aromatic rings. The maximum absolute atomic E-state index is 12.7. The predicted molar refractivity (Wildman–Crippen MR) is 85.7 cm³/mol. The third-order valence-electron chi connectivity index (χ3n) is 3.61. The third kappa shape index (κ3) is 3.85. The highest BCUT2D eigenvalue weighted by molar-refractivity contribution is 7.18. The van der Waals surface area contributed by atoms with E-state index >= 15 is 0 Å². The largest absolute Gasteiger partial charge is 0.394 e. The molecule has 1 aromatic heterocycles. The number of nitrogens with zero attached hydrogens (tertiary/aromatic N) is 2. The van der Waals surface area contributed by atoms with Crippen molar-refractivity contribution in [2.24, 2.45) is 0 Å². The maximum Gasteiger partial charge on any atom is 0.268 e. The molecular weight excluding hydrogens is 288 g/mol. The standard InChI is InChI=1S/C14H24N4O2S/c1-9(2)16-14-17-12(15)11(21-14)13(20)18-7-5-3-4-6-10(18)8-19/h9-10,19H,3-8,15H2,1-2H3,(H,16,17). The molecule has 1 aliphatic heterocycles. The highest BCUT2D eigenvalue weighted by atomic mass is 32.1. The second-order valence-corrected chi connectivity index (χ2v) is 6.72. The summed E-state index contributed by atoms with van der Waals surface area (Å²) in [6.45, 7) is 4.70. The highest BCUT2D eigenvalue weighted by Crippen LogP contribution is 2.29. The predicted octanol–water partition coefficient (Wildman–Crippen LogP) is 1.92. The van der Waals surface area contributed by atoms with E-state index in [0.29, 0.717) is 16.6 Å². The van der Waals surface area contributed by atoms with Crippen LogP contribution in [0.2, 0.25) is 0 Å². The maximum atomic E-state index is 12.7. The van der Waals surface area contributed by atoms with Crippen molar-refractivity contribution in [2.75, 3.05) is 24.2 Å². The number of nitrogens with one attached hydrogen (secondary N) is 1. The Kier molecular flexibility index (Phi) is 5.41. The Labute approximate surface area is 129 Å². The molecule has 21 heavy (non-hydrogen) atoms. The molecule has 1 amide bonds. The monoisotopic (exact) mass is 312 g/mol. The molecule has 1 saturated heterocycles. The first kappa shape index (κ1) is 16.0. The molecule has 118 valence electrons. The Balaban J connectivity index is 2.19. The van der Waals surface area contributed by atoms with Gasteiger partial charge >= 0.3 is 0 Å². The van der Waals surface area contributed by atoms with Gasteiger partial charge in [-0.3, -0.25) is 4.79 Å². The van der Waals surface area contributed by atoms with Crippen LogP contribution >= 0.6 is 11.3 Å². The molecule has 0 radical (unpaired) electrons. The highest BCUT2D eigenvalue weighted by Gasteiger charge is 2.28. The Morgan fingerprint density at radius 3 is 2.95 bits per heavy atom. The molecule has 0 aromatic carbocycles. The van der Waals surface area contributed by atoms with Crippen LogP contribution in [-0.2, 0) is 0 Å². The van der Waals surface area contributed by atoms with Crippen molar-refractivity contribution in [1.29, 1.82) is 0 Å². The van der Waals surface area contributed by atoms with Crippen LogP contribution in [0.4, 0.5) is 10.9 Å². The zero-order valence-corrected chi connectivity index (χ0v) is 13.4. The first-order valence-electron chi connectivity index (χ1n) is 7.47. The number of carbonyl (C=O) groups excluding carboxylic acids is 1. The van der Waals surface area contributed by atoms with Gasteiger partial charge in [0, 0.05) is 12.6 Å². The molecule has 1 unspecified atom stereocenters. The van der Waals surface area contributed by atoms with Gasteiger partial charge < -0.3 is 21.1 Å². The lowest BCUT2D eigenvalue weighted by Crippen LogP contribution is -2.42. The molecule has 7 heteroatoms. The number of hydrogen-bond acceptors (Lipinski definition) is 6. The number of aliphatic hydroxyl groups is 1. The number of amides is 1. The van der Waals surface area contributed by atoms with Gasteiger partial charge in [-0.05, 0) is 26.7 Å². The Hall–Kier alpha value is -1.34. The summed E-state index contributed by atoms with van der Waals surface area (Å²) in [6, 6.07) is 0.130. The second kappa shape index (κ2) is 7.09. The van der Waals surface area contributed by atoms with E-state index in [-0.39, 0.29) is 30.4 Å². The molecule has 2 heterocycles. The van der Waals surface area contributed by atoms with Crippen LogP contribution in [0.5, 0.6) is 0 Å². The number of carbonyl (C=O) groups is 1. The van der Waals surface area contributed by atoms with Gasteiger partial charge in [0.15, 0.2) is 5.13 Å². The Morgan fingerprint density at radius 2 is 2.29 bits per heavy atom. The number of aromatic nitrogens is 1. The topological polar surface area (TPSA) is 91.5 Å². The Bertz CT molecular complexity index is 489. The summed E-state index contributed by atoms with van der Waals surface area (Å²) in [5, 5.41) is 13.4. The van der Waals surface area contributed by atoms with Gasteiger partial charge in [-0.25, -0.2) is 4.98 Å². The normalized spacial score (nSPS) is 19.6. The summed E-state index contributed by atoms with van der Waals surface area (Å²) in [4.78, 5) is 19.2. The van der Waals surface area contributed by atoms with Crippen LogP contribution in [0.25, 0.3) is 0 Å². The average Bonchev–Trinajstić information content (AvgIpc) is 2.65. The molecular formula is C14H24N4O2S. The molecule has 0 spiro atoms. The number of hydrogen-bond donors (Lipinski definition) is 3. The zero-order chi connectivity index (χ0) is 15.4. The van der Waals surface area contributed by atoms with E-state index in [0.717, 1.165) is 25.7 Å². The third-order valence-corrected chi connectivity index (χ3v) is 4.60. The molecule has 1 atom stereocenters. The van der Waals surface area contributed by atoms with E-state index < -0.39 is 0 Å². The van der Waals surface area contributed by atoms with E-state index in [4.69, 9.17) is 5.73 Å². The molecule has 1 fully saturated rings. The molecule has 4 N–H and O–H groups in total. The number of likely N-dealkylation sites (tertiary alicyclic amines) is 1. The summed E-state index contributed by atoms with van der Waals surface area (Å²) < 4.78 is 0. The van der Waals surface area contributed by atoms with Crippen LogP contribution in [0.15, 0.2) is 0 Å².